The molecule has 0 aliphatic carbocycles. The van der Waals surface area contributed by atoms with Gasteiger partial charge in [-0.05, 0) is 31.9 Å². The average molecular weight is 388 g/mol. The lowest BCUT2D eigenvalue weighted by molar-refractivity contribution is -0.143. The van der Waals surface area contributed by atoms with Gasteiger partial charge in [0.05, 0.1) is 0 Å². The summed E-state index contributed by atoms with van der Waals surface area (Å²) in [4.78, 5) is 23.9. The van der Waals surface area contributed by atoms with Crippen molar-refractivity contribution in [1.82, 2.24) is 9.62 Å². The lowest BCUT2D eigenvalue weighted by atomic mass is 9.99. The van der Waals surface area contributed by atoms with E-state index < -0.39 is 27.4 Å². The minimum atomic E-state index is -3.70. The van der Waals surface area contributed by atoms with Crippen LogP contribution in [-0.4, -0.2) is 59.8 Å². The molecule has 1 atom stereocenters. The minimum Gasteiger partial charge on any atom is -0.479 e. The summed E-state index contributed by atoms with van der Waals surface area (Å²) in [5.41, 5.74) is -1.34. The molecule has 8 nitrogen and oxygen atoms in total. The minimum absolute atomic E-state index is 0.0373. The smallest absolute Gasteiger partial charge is 0.330 e. The second-order valence-electron chi connectivity index (χ2n) is 6.29. The topological polar surface area (TPSA) is 117 Å². The number of rotatable bonds is 5. The third-order valence-electron chi connectivity index (χ3n) is 4.56. The average Bonchev–Trinajstić information content (AvgIpc) is 3.27. The van der Waals surface area contributed by atoms with Crippen LogP contribution in [0, 0.1) is 6.92 Å². The van der Waals surface area contributed by atoms with Gasteiger partial charge in [0.15, 0.2) is 5.76 Å². The Morgan fingerprint density at radius 2 is 2.04 bits per heavy atom. The number of aliphatic carboxylic acids is 1. The van der Waals surface area contributed by atoms with E-state index in [0.29, 0.717) is 25.3 Å². The first kappa shape index (κ1) is 18.3. The summed E-state index contributed by atoms with van der Waals surface area (Å²) in [5.74, 6) is -0.963. The SMILES string of the molecule is Cc1oc(C(=O)NC2(C(=O)O)CCSC2)cc1S(=O)(=O)N1CCCC1. The molecule has 10 heteroatoms. The van der Waals surface area contributed by atoms with Gasteiger partial charge in [-0.15, -0.1) is 0 Å². The number of carboxylic acids is 1. The maximum atomic E-state index is 12.6. The Balaban J connectivity index is 1.84. The van der Waals surface area contributed by atoms with Crippen molar-refractivity contribution in [2.45, 2.75) is 36.6 Å². The van der Waals surface area contributed by atoms with Crippen LogP contribution in [0.3, 0.4) is 0 Å². The van der Waals surface area contributed by atoms with Gasteiger partial charge in [-0.1, -0.05) is 0 Å². The highest BCUT2D eigenvalue weighted by Crippen LogP contribution is 2.30. The molecular weight excluding hydrogens is 368 g/mol. The van der Waals surface area contributed by atoms with E-state index in [1.165, 1.54) is 29.1 Å². The molecule has 1 aromatic heterocycles. The molecule has 0 spiro atoms. The quantitative estimate of drug-likeness (QED) is 0.774. The number of sulfonamides is 1. The molecule has 138 valence electrons. The zero-order valence-corrected chi connectivity index (χ0v) is 15.4. The van der Waals surface area contributed by atoms with Crippen molar-refractivity contribution < 1.29 is 27.5 Å². The number of amides is 1. The van der Waals surface area contributed by atoms with E-state index in [9.17, 15) is 23.1 Å². The highest BCUT2D eigenvalue weighted by Gasteiger charge is 2.44. The number of nitrogens with zero attached hydrogens (tertiary/aromatic N) is 1. The van der Waals surface area contributed by atoms with E-state index in [2.05, 4.69) is 5.32 Å². The number of carboxylic acid groups (broad SMARTS) is 1. The lowest BCUT2D eigenvalue weighted by Crippen LogP contribution is -2.54. The van der Waals surface area contributed by atoms with Gasteiger partial charge in [0.1, 0.15) is 16.2 Å². The van der Waals surface area contributed by atoms with Crippen molar-refractivity contribution in [3.63, 3.8) is 0 Å². The molecule has 25 heavy (non-hydrogen) atoms. The number of hydrogen-bond donors (Lipinski definition) is 2. The zero-order chi connectivity index (χ0) is 18.2. The molecule has 2 saturated heterocycles. The predicted molar refractivity (Wildman–Crippen MR) is 91.2 cm³/mol. The summed E-state index contributed by atoms with van der Waals surface area (Å²) < 4.78 is 32.0. The van der Waals surface area contributed by atoms with Gasteiger partial charge in [-0.2, -0.15) is 16.1 Å². The van der Waals surface area contributed by atoms with E-state index in [4.69, 9.17) is 4.42 Å². The maximum absolute atomic E-state index is 12.6. The Kier molecular flexibility index (Phi) is 4.86. The van der Waals surface area contributed by atoms with Gasteiger partial charge in [0, 0.05) is 24.9 Å². The van der Waals surface area contributed by atoms with Gasteiger partial charge in [0.25, 0.3) is 5.91 Å². The number of hydrogen-bond acceptors (Lipinski definition) is 6. The maximum Gasteiger partial charge on any atom is 0.330 e. The van der Waals surface area contributed by atoms with Gasteiger partial charge in [-0.3, -0.25) is 4.79 Å². The van der Waals surface area contributed by atoms with E-state index in [1.807, 2.05) is 0 Å². The highest BCUT2D eigenvalue weighted by atomic mass is 32.2. The monoisotopic (exact) mass is 388 g/mol. The van der Waals surface area contributed by atoms with Crippen LogP contribution in [0.5, 0.6) is 0 Å². The first-order valence-electron chi connectivity index (χ1n) is 8.00. The zero-order valence-electron chi connectivity index (χ0n) is 13.8. The van der Waals surface area contributed by atoms with Crippen molar-refractivity contribution >= 4 is 33.7 Å². The van der Waals surface area contributed by atoms with Crippen LogP contribution < -0.4 is 5.32 Å². The van der Waals surface area contributed by atoms with E-state index in [-0.39, 0.29) is 22.2 Å². The van der Waals surface area contributed by atoms with Crippen LogP contribution in [0.2, 0.25) is 0 Å². The first-order chi connectivity index (χ1) is 11.8. The Morgan fingerprint density at radius 1 is 1.36 bits per heavy atom. The molecule has 0 bridgehead atoms. The normalized spacial score (nSPS) is 24.5. The number of aryl methyl sites for hydroxylation is 1. The van der Waals surface area contributed by atoms with Crippen molar-refractivity contribution in [3.8, 4) is 0 Å². The fraction of sp³-hybridized carbons (Fsp3) is 0.600. The molecular formula is C15H20N2O6S2. The number of carbonyl (C=O) groups is 2. The van der Waals surface area contributed by atoms with Crippen LogP contribution in [0.15, 0.2) is 15.4 Å². The Labute approximate surface area is 150 Å². The van der Waals surface area contributed by atoms with Crippen molar-refractivity contribution in [1.29, 1.82) is 0 Å². The first-order valence-corrected chi connectivity index (χ1v) is 10.6. The fourth-order valence-corrected chi connectivity index (χ4v) is 6.07. The van der Waals surface area contributed by atoms with Gasteiger partial charge in [0.2, 0.25) is 10.0 Å². The summed E-state index contributed by atoms with van der Waals surface area (Å²) in [6.45, 7) is 2.39. The van der Waals surface area contributed by atoms with Gasteiger partial charge in [-0.25, -0.2) is 13.2 Å². The van der Waals surface area contributed by atoms with Crippen LogP contribution in [0.4, 0.5) is 0 Å². The molecule has 3 rings (SSSR count). The van der Waals surface area contributed by atoms with Crippen LogP contribution >= 0.6 is 11.8 Å². The molecule has 3 heterocycles. The molecule has 2 fully saturated rings. The third kappa shape index (κ3) is 3.30. The van der Waals surface area contributed by atoms with Crippen LogP contribution in [-0.2, 0) is 14.8 Å². The molecule has 1 unspecified atom stereocenters. The summed E-state index contributed by atoms with van der Waals surface area (Å²) in [7, 11) is -3.70. The van der Waals surface area contributed by atoms with Crippen molar-refractivity contribution in [3.05, 3.63) is 17.6 Å². The summed E-state index contributed by atoms with van der Waals surface area (Å²) in [5, 5.41) is 11.9. The second kappa shape index (κ2) is 6.65. The molecule has 0 aromatic carbocycles. The largest absolute Gasteiger partial charge is 0.479 e. The number of carbonyl (C=O) groups excluding carboxylic acids is 1. The van der Waals surface area contributed by atoms with E-state index in [0.717, 1.165) is 12.8 Å². The Bertz CT molecular complexity index is 789. The Morgan fingerprint density at radius 3 is 2.60 bits per heavy atom. The molecule has 1 aromatic rings. The third-order valence-corrected chi connectivity index (χ3v) is 7.76. The molecule has 1 amide bonds. The molecule has 2 N–H and O–H groups in total. The van der Waals surface area contributed by atoms with Crippen LogP contribution in [0.25, 0.3) is 0 Å². The van der Waals surface area contributed by atoms with Gasteiger partial charge < -0.3 is 14.8 Å². The number of thioether (sulfide) groups is 1. The van der Waals surface area contributed by atoms with Gasteiger partial charge >= 0.3 is 5.97 Å². The number of nitrogens with one attached hydrogen (secondary N) is 1. The van der Waals surface area contributed by atoms with E-state index in [1.54, 1.807) is 0 Å². The van der Waals surface area contributed by atoms with Crippen LogP contribution in [0.1, 0.15) is 35.6 Å². The molecule has 2 aliphatic rings. The summed E-state index contributed by atoms with van der Waals surface area (Å²) >= 11 is 1.45. The molecule has 2 aliphatic heterocycles. The summed E-state index contributed by atoms with van der Waals surface area (Å²) in [6.07, 6.45) is 1.93. The second-order valence-corrected chi connectivity index (χ2v) is 9.30. The van der Waals surface area contributed by atoms with Crippen molar-refractivity contribution in [2.24, 2.45) is 0 Å². The lowest BCUT2D eigenvalue weighted by Gasteiger charge is -2.23. The number of furan rings is 1. The summed E-state index contributed by atoms with van der Waals surface area (Å²) in [6, 6.07) is 1.19. The fourth-order valence-electron chi connectivity index (χ4n) is 3.07. The molecule has 0 radical (unpaired) electrons. The Hall–Kier alpha value is -1.52. The highest BCUT2D eigenvalue weighted by molar-refractivity contribution is 7.99. The van der Waals surface area contributed by atoms with Crippen molar-refractivity contribution in [2.75, 3.05) is 24.6 Å². The predicted octanol–water partition coefficient (Wildman–Crippen LogP) is 1.06. The van der Waals surface area contributed by atoms with E-state index >= 15 is 0 Å². The standard InChI is InChI=1S/C15H20N2O6S2/c1-10-12(25(21,22)17-5-2-3-6-17)8-11(23-10)13(18)16-15(14(19)20)4-7-24-9-15/h8H,2-7,9H2,1H3,(H,16,18)(H,19,20). The molecule has 0 saturated carbocycles.